The van der Waals surface area contributed by atoms with Crippen LogP contribution in [0, 0.1) is 25.2 Å². The summed E-state index contributed by atoms with van der Waals surface area (Å²) in [6.45, 7) is 5.05. The third-order valence-electron chi connectivity index (χ3n) is 9.07. The lowest BCUT2D eigenvalue weighted by Gasteiger charge is -2.22. The van der Waals surface area contributed by atoms with Gasteiger partial charge in [-0.25, -0.2) is 9.78 Å². The first kappa shape index (κ1) is 38.7. The molecule has 1 atom stereocenters. The normalized spacial score (nSPS) is 13.5. The van der Waals surface area contributed by atoms with Gasteiger partial charge < -0.3 is 36.2 Å². The van der Waals surface area contributed by atoms with Crippen molar-refractivity contribution in [2.45, 2.75) is 39.5 Å². The number of hydrogen-bond acceptors (Lipinski definition) is 12. The van der Waals surface area contributed by atoms with E-state index in [2.05, 4.69) is 41.2 Å². The van der Waals surface area contributed by atoms with Crippen molar-refractivity contribution in [3.8, 4) is 23.1 Å². The Morgan fingerprint density at radius 2 is 1.59 bits per heavy atom. The molecule has 3 aromatic heterocycles. The third-order valence-corrected chi connectivity index (χ3v) is 9.07. The quantitative estimate of drug-likeness (QED) is 0.0870. The number of nitrogens with one attached hydrogen (secondary N) is 4. The number of hydrogen-bond donors (Lipinski definition) is 6. The Bertz CT molecular complexity index is 2340. The molecule has 6 N–H and O–H groups in total. The lowest BCUT2D eigenvalue weighted by molar-refractivity contribution is -0.139. The average molecular weight is 754 g/mol. The SMILES string of the molecule is Cc1c(NC(=O)c2ccc(CNCCO)cn2)cccc1-c1cccc(NC(=O)c2ccc(C3=NCCC(C(=O)O)N3)c(OCc3cncc(C#N)c3)n2)c1C. The van der Waals surface area contributed by atoms with Gasteiger partial charge in [-0.3, -0.25) is 24.5 Å². The largest absolute Gasteiger partial charge is 0.480 e. The van der Waals surface area contributed by atoms with Crippen LogP contribution in [-0.4, -0.2) is 74.5 Å². The number of ether oxygens (including phenoxy) is 1. The number of aliphatic carboxylic acids is 1. The van der Waals surface area contributed by atoms with Gasteiger partial charge in [0.2, 0.25) is 5.88 Å². The van der Waals surface area contributed by atoms with Crippen LogP contribution >= 0.6 is 0 Å². The van der Waals surface area contributed by atoms with Crippen LogP contribution in [0.5, 0.6) is 5.88 Å². The van der Waals surface area contributed by atoms with E-state index in [0.717, 1.165) is 27.8 Å². The van der Waals surface area contributed by atoms with Gasteiger partial charge >= 0.3 is 5.97 Å². The van der Waals surface area contributed by atoms with Gasteiger partial charge in [-0.05, 0) is 84.5 Å². The minimum Gasteiger partial charge on any atom is -0.480 e. The molecule has 4 heterocycles. The molecule has 1 aliphatic rings. The van der Waals surface area contributed by atoms with Gasteiger partial charge in [-0.2, -0.15) is 5.26 Å². The summed E-state index contributed by atoms with van der Waals surface area (Å²) in [6, 6.07) is 20.5. The van der Waals surface area contributed by atoms with E-state index in [1.807, 2.05) is 56.3 Å². The molecule has 2 amide bonds. The number of anilines is 2. The van der Waals surface area contributed by atoms with Gasteiger partial charge in [-0.15, -0.1) is 0 Å². The fourth-order valence-corrected chi connectivity index (χ4v) is 6.05. The Balaban J connectivity index is 1.22. The molecule has 0 saturated heterocycles. The number of benzene rings is 2. The lowest BCUT2D eigenvalue weighted by Crippen LogP contribution is -2.44. The Kier molecular flexibility index (Phi) is 12.3. The van der Waals surface area contributed by atoms with Gasteiger partial charge in [0.1, 0.15) is 35.9 Å². The fourth-order valence-electron chi connectivity index (χ4n) is 6.05. The van der Waals surface area contributed by atoms with Crippen molar-refractivity contribution >= 4 is 35.0 Å². The Labute approximate surface area is 322 Å². The predicted molar refractivity (Wildman–Crippen MR) is 208 cm³/mol. The highest BCUT2D eigenvalue weighted by Crippen LogP contribution is 2.34. The van der Waals surface area contributed by atoms with E-state index in [1.165, 1.54) is 12.3 Å². The molecule has 1 unspecified atom stereocenters. The maximum Gasteiger partial charge on any atom is 0.326 e. The number of amidine groups is 1. The third kappa shape index (κ3) is 9.19. The molecule has 1 aliphatic heterocycles. The zero-order valence-electron chi connectivity index (χ0n) is 30.7. The van der Waals surface area contributed by atoms with Crippen molar-refractivity contribution < 1.29 is 29.3 Å². The summed E-state index contributed by atoms with van der Waals surface area (Å²) in [5, 5.41) is 39.8. The molecule has 0 bridgehead atoms. The lowest BCUT2D eigenvalue weighted by atomic mass is 9.94. The minimum atomic E-state index is -1.02. The van der Waals surface area contributed by atoms with Crippen LogP contribution in [0.15, 0.2) is 90.3 Å². The van der Waals surface area contributed by atoms with E-state index in [9.17, 15) is 24.8 Å². The number of amides is 2. The molecule has 0 aliphatic carbocycles. The molecule has 6 rings (SSSR count). The van der Waals surface area contributed by atoms with Crippen LogP contribution in [0.3, 0.4) is 0 Å². The van der Waals surface area contributed by atoms with Gasteiger partial charge in [0.05, 0.1) is 17.7 Å². The molecule has 0 fully saturated rings. The number of aromatic nitrogens is 3. The summed E-state index contributed by atoms with van der Waals surface area (Å²) < 4.78 is 6.06. The molecule has 284 valence electrons. The highest BCUT2D eigenvalue weighted by atomic mass is 16.5. The molecular weight excluding hydrogens is 715 g/mol. The number of carboxylic acids is 1. The highest BCUT2D eigenvalue weighted by Gasteiger charge is 2.26. The molecular formula is C41H39N9O6. The zero-order valence-corrected chi connectivity index (χ0v) is 30.7. The predicted octanol–water partition coefficient (Wildman–Crippen LogP) is 4.39. The van der Waals surface area contributed by atoms with E-state index in [-0.39, 0.29) is 48.8 Å². The minimum absolute atomic E-state index is 0.0319. The van der Waals surface area contributed by atoms with E-state index >= 15 is 0 Å². The number of aliphatic hydroxyl groups is 1. The highest BCUT2D eigenvalue weighted by molar-refractivity contribution is 6.07. The van der Waals surface area contributed by atoms with Gasteiger partial charge in [0.15, 0.2) is 0 Å². The molecule has 56 heavy (non-hydrogen) atoms. The Morgan fingerprint density at radius 1 is 0.893 bits per heavy atom. The second-order valence-corrected chi connectivity index (χ2v) is 12.9. The van der Waals surface area contributed by atoms with Crippen LogP contribution in [-0.2, 0) is 17.9 Å². The number of carbonyl (C=O) groups is 3. The number of pyridine rings is 3. The number of carbonyl (C=O) groups excluding carboxylic acids is 2. The molecule has 0 saturated carbocycles. The Hall–Kier alpha value is -7.02. The first-order chi connectivity index (χ1) is 27.1. The van der Waals surface area contributed by atoms with Crippen LogP contribution in [0.2, 0.25) is 0 Å². The van der Waals surface area contributed by atoms with E-state index in [4.69, 9.17) is 9.84 Å². The van der Waals surface area contributed by atoms with Crippen molar-refractivity contribution in [3.63, 3.8) is 0 Å². The van der Waals surface area contributed by atoms with Gasteiger partial charge in [0.25, 0.3) is 11.8 Å². The number of aliphatic imine (C=N–C) groups is 1. The van der Waals surface area contributed by atoms with Gasteiger partial charge in [-0.1, -0.05) is 30.3 Å². The van der Waals surface area contributed by atoms with Crippen molar-refractivity contribution in [2.24, 2.45) is 4.99 Å². The summed E-state index contributed by atoms with van der Waals surface area (Å²) in [6.07, 6.45) is 4.91. The van der Waals surface area contributed by atoms with Gasteiger partial charge in [0, 0.05) is 55.2 Å². The number of rotatable bonds is 14. The smallest absolute Gasteiger partial charge is 0.326 e. The standard InChI is InChI=1S/C41H39N9O6/c1-24-29(5-3-7-32(24)48-38(52)34-11-9-26(22-46-34)19-43-15-16-51)30-6-4-8-33(25(30)2)49-39(53)35-12-10-31(37-45-14-13-36(47-37)41(54)55)40(50-35)56-23-28-17-27(18-42)20-44-21-28/h3-12,17,20-22,36,43,51H,13-16,19,23H2,1-2H3,(H,45,47)(H,48,52)(H,49,53)(H,54,55). The van der Waals surface area contributed by atoms with Crippen LogP contribution in [0.25, 0.3) is 11.1 Å². The molecule has 15 heteroatoms. The second kappa shape index (κ2) is 17.9. The summed E-state index contributed by atoms with van der Waals surface area (Å²) >= 11 is 0. The fraction of sp³-hybridized carbons (Fsp3) is 0.220. The molecule has 5 aromatic rings. The summed E-state index contributed by atoms with van der Waals surface area (Å²) in [5.74, 6) is -1.58. The van der Waals surface area contributed by atoms with Crippen LogP contribution < -0.4 is 26.0 Å². The van der Waals surface area contributed by atoms with E-state index in [0.29, 0.717) is 47.6 Å². The first-order valence-electron chi connectivity index (χ1n) is 17.8. The topological polar surface area (TPSA) is 224 Å². The van der Waals surface area contributed by atoms with Crippen molar-refractivity contribution in [1.82, 2.24) is 25.6 Å². The molecule has 0 spiro atoms. The average Bonchev–Trinajstić information content (AvgIpc) is 3.22. The van der Waals surface area contributed by atoms with Crippen LogP contribution in [0.1, 0.15) is 60.8 Å². The van der Waals surface area contributed by atoms with Crippen molar-refractivity contribution in [3.05, 3.63) is 130 Å². The molecule has 2 aromatic carbocycles. The monoisotopic (exact) mass is 753 g/mol. The summed E-state index contributed by atoms with van der Waals surface area (Å²) in [7, 11) is 0. The zero-order chi connectivity index (χ0) is 39.6. The first-order valence-corrected chi connectivity index (χ1v) is 17.8. The Morgan fingerprint density at radius 3 is 2.23 bits per heavy atom. The number of aliphatic hydroxyl groups excluding tert-OH is 1. The maximum absolute atomic E-state index is 13.8. The second-order valence-electron chi connectivity index (χ2n) is 12.9. The van der Waals surface area contributed by atoms with Crippen LogP contribution in [0.4, 0.5) is 11.4 Å². The number of carboxylic acid groups (broad SMARTS) is 1. The maximum atomic E-state index is 13.8. The summed E-state index contributed by atoms with van der Waals surface area (Å²) in [5.41, 5.74) is 6.92. The molecule has 0 radical (unpaired) electrons. The summed E-state index contributed by atoms with van der Waals surface area (Å²) in [4.78, 5) is 56.0. The van der Waals surface area contributed by atoms with E-state index < -0.39 is 17.9 Å². The van der Waals surface area contributed by atoms with Crippen molar-refractivity contribution in [1.29, 1.82) is 5.26 Å². The number of nitrogens with zero attached hydrogens (tertiary/aromatic N) is 5. The number of nitriles is 1. The van der Waals surface area contributed by atoms with Crippen molar-refractivity contribution in [2.75, 3.05) is 30.3 Å². The molecule has 15 nitrogen and oxygen atoms in total. The van der Waals surface area contributed by atoms with E-state index in [1.54, 1.807) is 36.7 Å².